The highest BCUT2D eigenvalue weighted by Crippen LogP contribution is 2.43. The fourth-order valence-corrected chi connectivity index (χ4v) is 9.09. The van der Waals surface area contributed by atoms with Crippen molar-refractivity contribution in [3.05, 3.63) is 266 Å². The molecule has 0 amide bonds. The van der Waals surface area contributed by atoms with Crippen LogP contribution >= 0.6 is 0 Å². The van der Waals surface area contributed by atoms with Gasteiger partial charge in [0.25, 0.3) is 0 Å². The van der Waals surface area contributed by atoms with Crippen LogP contribution in [-0.4, -0.2) is 0 Å². The summed E-state index contributed by atoms with van der Waals surface area (Å²) < 4.78 is 0. The van der Waals surface area contributed by atoms with Crippen LogP contribution in [-0.2, 0) is 6.42 Å². The predicted octanol–water partition coefficient (Wildman–Crippen LogP) is 16.9. The molecule has 1 aliphatic carbocycles. The number of fused-ring (bicyclic) bond motifs is 3. The Kier molecular flexibility index (Phi) is 10.0. The third kappa shape index (κ3) is 7.60. The highest BCUT2D eigenvalue weighted by atomic mass is 15.1. The summed E-state index contributed by atoms with van der Waals surface area (Å²) in [6, 6.07) is 92.1. The third-order valence-electron chi connectivity index (χ3n) is 12.3. The molecule has 0 aromatic heterocycles. The minimum Gasteiger partial charge on any atom is -0.310 e. The van der Waals surface area contributed by atoms with Crippen LogP contribution in [0.15, 0.2) is 255 Å². The first-order chi connectivity index (χ1) is 31.2. The molecule has 11 rings (SSSR count). The molecule has 0 heterocycles. The van der Waals surface area contributed by atoms with Gasteiger partial charge in [-0.3, -0.25) is 0 Å². The number of hydrogen-bond donors (Lipinski definition) is 0. The van der Waals surface area contributed by atoms with Crippen LogP contribution in [0.1, 0.15) is 11.1 Å². The van der Waals surface area contributed by atoms with Gasteiger partial charge in [-0.05, 0) is 158 Å². The third-order valence-corrected chi connectivity index (χ3v) is 12.3. The normalized spacial score (nSPS) is 11.4. The van der Waals surface area contributed by atoms with E-state index in [1.54, 1.807) is 0 Å². The van der Waals surface area contributed by atoms with E-state index in [0.717, 1.165) is 40.5 Å². The zero-order chi connectivity index (χ0) is 42.0. The van der Waals surface area contributed by atoms with Gasteiger partial charge in [-0.2, -0.15) is 0 Å². The van der Waals surface area contributed by atoms with Crippen LogP contribution in [0.3, 0.4) is 0 Å². The molecule has 0 bridgehead atoms. The monoisotopic (exact) mass is 804 g/mol. The summed E-state index contributed by atoms with van der Waals surface area (Å²) in [7, 11) is 0. The molecule has 63 heavy (non-hydrogen) atoms. The molecule has 0 radical (unpaired) electrons. The zero-order valence-corrected chi connectivity index (χ0v) is 34.9. The van der Waals surface area contributed by atoms with Crippen molar-refractivity contribution in [3.8, 4) is 55.6 Å². The smallest absolute Gasteiger partial charge is 0.0467 e. The molecule has 0 N–H and O–H groups in total. The molecule has 1 aliphatic rings. The first-order valence-electron chi connectivity index (χ1n) is 21.7. The number of rotatable bonds is 10. The van der Waals surface area contributed by atoms with E-state index in [4.69, 9.17) is 0 Å². The van der Waals surface area contributed by atoms with Crippen LogP contribution in [0.25, 0.3) is 55.6 Å². The zero-order valence-electron chi connectivity index (χ0n) is 34.9. The van der Waals surface area contributed by atoms with Crippen LogP contribution in [0, 0.1) is 0 Å². The van der Waals surface area contributed by atoms with E-state index in [9.17, 15) is 0 Å². The molecule has 0 saturated carbocycles. The lowest BCUT2D eigenvalue weighted by Gasteiger charge is -2.26. The van der Waals surface area contributed by atoms with Gasteiger partial charge in [-0.25, -0.2) is 0 Å². The maximum atomic E-state index is 2.39. The Hall–Kier alpha value is -8.20. The lowest BCUT2D eigenvalue weighted by molar-refractivity contribution is 1.26. The fourth-order valence-electron chi connectivity index (χ4n) is 9.09. The van der Waals surface area contributed by atoms with E-state index in [-0.39, 0.29) is 0 Å². The second kappa shape index (κ2) is 16.7. The molecule has 0 aliphatic heterocycles. The van der Waals surface area contributed by atoms with Crippen molar-refractivity contribution in [2.75, 3.05) is 9.80 Å². The molecule has 298 valence electrons. The first-order valence-corrected chi connectivity index (χ1v) is 21.7. The van der Waals surface area contributed by atoms with Crippen LogP contribution < -0.4 is 9.80 Å². The van der Waals surface area contributed by atoms with Crippen molar-refractivity contribution in [2.24, 2.45) is 0 Å². The van der Waals surface area contributed by atoms with Crippen molar-refractivity contribution in [1.29, 1.82) is 0 Å². The van der Waals surface area contributed by atoms with Gasteiger partial charge < -0.3 is 9.80 Å². The molecule has 0 atom stereocenters. The lowest BCUT2D eigenvalue weighted by Crippen LogP contribution is -2.09. The number of para-hydroxylation sites is 2. The van der Waals surface area contributed by atoms with Gasteiger partial charge in [0, 0.05) is 34.1 Å². The summed E-state index contributed by atoms with van der Waals surface area (Å²) in [5, 5.41) is 0. The fraction of sp³-hybridized carbons (Fsp3) is 0.0164. The van der Waals surface area contributed by atoms with E-state index < -0.39 is 0 Å². The van der Waals surface area contributed by atoms with Crippen molar-refractivity contribution >= 4 is 34.1 Å². The molecule has 10 aromatic carbocycles. The van der Waals surface area contributed by atoms with E-state index >= 15 is 0 Å². The summed E-state index contributed by atoms with van der Waals surface area (Å²) in [5.41, 5.74) is 21.8. The summed E-state index contributed by atoms with van der Waals surface area (Å²) in [6.45, 7) is 0. The van der Waals surface area contributed by atoms with Crippen molar-refractivity contribution in [3.63, 3.8) is 0 Å². The standard InChI is InChI=1S/C61H44N2/c1-5-15-44(16-6-1)48-19-13-25-58(40-48)62(54-21-9-3-10-22-54)56-35-31-46(32-36-56)50-27-29-52-39-53-30-28-51(43-61(53)60(52)42-50)47-33-37-57(38-34-47)63(55-23-11-4-12-24-55)59-26-14-20-49(41-59)45-17-7-2-8-18-45/h1-38,40-43H,39H2. The second-order valence-electron chi connectivity index (χ2n) is 16.2. The summed E-state index contributed by atoms with van der Waals surface area (Å²) in [6.07, 6.45) is 0.950. The minimum absolute atomic E-state index is 0.950. The SMILES string of the molecule is c1ccc(-c2cccc(N(c3ccccc3)c3ccc(-c4ccc5c(c4)-c4cc(-c6ccc(N(c7ccccc7)c7cccc(-c8ccccc8)c7)cc6)ccc4C5)cc3)c2)cc1. The molecule has 10 aromatic rings. The lowest BCUT2D eigenvalue weighted by atomic mass is 9.96. The number of benzene rings is 10. The molecule has 0 spiro atoms. The molecule has 2 nitrogen and oxygen atoms in total. The van der Waals surface area contributed by atoms with Crippen molar-refractivity contribution < 1.29 is 0 Å². The summed E-state index contributed by atoms with van der Waals surface area (Å²) in [5.74, 6) is 0. The summed E-state index contributed by atoms with van der Waals surface area (Å²) >= 11 is 0. The van der Waals surface area contributed by atoms with Crippen molar-refractivity contribution in [1.82, 2.24) is 0 Å². The van der Waals surface area contributed by atoms with Gasteiger partial charge in [0.15, 0.2) is 0 Å². The molecule has 0 saturated heterocycles. The van der Waals surface area contributed by atoms with Crippen LogP contribution in [0.2, 0.25) is 0 Å². The minimum atomic E-state index is 0.950. The molecular formula is C61H44N2. The van der Waals surface area contributed by atoms with Gasteiger partial charge in [-0.15, -0.1) is 0 Å². The maximum Gasteiger partial charge on any atom is 0.0467 e. The Morgan fingerprint density at radius 3 is 0.889 bits per heavy atom. The maximum absolute atomic E-state index is 2.39. The highest BCUT2D eigenvalue weighted by molar-refractivity contribution is 5.87. The Labute approximate surface area is 370 Å². The average molecular weight is 805 g/mol. The van der Waals surface area contributed by atoms with Crippen LogP contribution in [0.5, 0.6) is 0 Å². The molecule has 0 fully saturated rings. The molecule has 2 heteroatoms. The van der Waals surface area contributed by atoms with E-state index in [2.05, 4.69) is 265 Å². The van der Waals surface area contributed by atoms with Gasteiger partial charge in [0.1, 0.15) is 0 Å². The number of anilines is 6. The van der Waals surface area contributed by atoms with E-state index in [1.165, 1.54) is 66.8 Å². The van der Waals surface area contributed by atoms with Gasteiger partial charge in [0.05, 0.1) is 0 Å². The Bertz CT molecular complexity index is 2940. The first kappa shape index (κ1) is 37.8. The average Bonchev–Trinajstić information content (AvgIpc) is 3.73. The quantitative estimate of drug-likeness (QED) is 0.136. The Morgan fingerprint density at radius 2 is 0.492 bits per heavy atom. The number of hydrogen-bond acceptors (Lipinski definition) is 2. The number of nitrogens with zero attached hydrogens (tertiary/aromatic N) is 2. The van der Waals surface area contributed by atoms with Gasteiger partial charge >= 0.3 is 0 Å². The van der Waals surface area contributed by atoms with E-state index in [1.807, 2.05) is 0 Å². The molecular weight excluding hydrogens is 761 g/mol. The van der Waals surface area contributed by atoms with E-state index in [0.29, 0.717) is 0 Å². The topological polar surface area (TPSA) is 6.48 Å². The largest absolute Gasteiger partial charge is 0.310 e. The summed E-state index contributed by atoms with van der Waals surface area (Å²) in [4.78, 5) is 4.68. The predicted molar refractivity (Wildman–Crippen MR) is 266 cm³/mol. The second-order valence-corrected chi connectivity index (χ2v) is 16.2. The van der Waals surface area contributed by atoms with Crippen molar-refractivity contribution in [2.45, 2.75) is 6.42 Å². The van der Waals surface area contributed by atoms with Crippen LogP contribution in [0.4, 0.5) is 34.1 Å². The Balaban J connectivity index is 0.883. The highest BCUT2D eigenvalue weighted by Gasteiger charge is 2.21. The Morgan fingerprint density at radius 1 is 0.206 bits per heavy atom. The van der Waals surface area contributed by atoms with Gasteiger partial charge in [-0.1, -0.05) is 170 Å². The van der Waals surface area contributed by atoms with Gasteiger partial charge in [0.2, 0.25) is 0 Å². The molecule has 0 unspecified atom stereocenters.